The molecule has 2 unspecified atom stereocenters. The van der Waals surface area contributed by atoms with Gasteiger partial charge in [0, 0.05) is 49.5 Å². The summed E-state index contributed by atoms with van der Waals surface area (Å²) in [5.41, 5.74) is 3.11. The normalized spacial score (nSPS) is 25.1. The summed E-state index contributed by atoms with van der Waals surface area (Å²) in [5, 5.41) is 8.34. The number of amides is 1. The van der Waals surface area contributed by atoms with Gasteiger partial charge >= 0.3 is 6.09 Å². The number of fused-ring (bicyclic) bond motifs is 2. The summed E-state index contributed by atoms with van der Waals surface area (Å²) >= 11 is 0. The second-order valence-electron chi connectivity index (χ2n) is 10.1. The SMILES string of the molecule is CC#CCN1CC(OC(=O)N2CC3CC(Nc4cc(C)nc5c(C(C)C)cnn45)CC3C2)C1. The average Bonchev–Trinajstić information content (AvgIpc) is 3.42. The molecule has 3 aliphatic rings. The topological polar surface area (TPSA) is 75.0 Å². The molecule has 2 saturated heterocycles. The predicted octanol–water partition coefficient (Wildman–Crippen LogP) is 3.13. The smallest absolute Gasteiger partial charge is 0.410 e. The maximum Gasteiger partial charge on any atom is 0.410 e. The first-order valence-electron chi connectivity index (χ1n) is 12.1. The molecule has 2 aliphatic heterocycles. The molecule has 0 spiro atoms. The number of aromatic nitrogens is 3. The Morgan fingerprint density at radius 3 is 2.64 bits per heavy atom. The zero-order valence-corrected chi connectivity index (χ0v) is 20.0. The molecule has 1 aliphatic carbocycles. The quantitative estimate of drug-likeness (QED) is 0.706. The van der Waals surface area contributed by atoms with E-state index in [9.17, 15) is 4.79 Å². The van der Waals surface area contributed by atoms with E-state index in [-0.39, 0.29) is 12.2 Å². The zero-order valence-electron chi connectivity index (χ0n) is 20.0. The molecule has 5 rings (SSSR count). The Hall–Kier alpha value is -2.79. The predicted molar refractivity (Wildman–Crippen MR) is 127 cm³/mol. The Kier molecular flexibility index (Phi) is 5.92. The molecule has 2 aromatic rings. The van der Waals surface area contributed by atoms with E-state index in [4.69, 9.17) is 9.72 Å². The fourth-order valence-corrected chi connectivity index (χ4v) is 5.52. The lowest BCUT2D eigenvalue weighted by Gasteiger charge is -2.37. The van der Waals surface area contributed by atoms with Crippen molar-refractivity contribution in [1.82, 2.24) is 24.4 Å². The summed E-state index contributed by atoms with van der Waals surface area (Å²) in [7, 11) is 0. The molecule has 176 valence electrons. The van der Waals surface area contributed by atoms with Crippen LogP contribution in [0, 0.1) is 30.6 Å². The van der Waals surface area contributed by atoms with Gasteiger partial charge in [0.05, 0.1) is 12.7 Å². The van der Waals surface area contributed by atoms with Crippen molar-refractivity contribution in [3.05, 3.63) is 23.5 Å². The Labute approximate surface area is 195 Å². The Balaban J connectivity index is 1.15. The summed E-state index contributed by atoms with van der Waals surface area (Å²) in [6.45, 7) is 12.2. The minimum Gasteiger partial charge on any atom is -0.443 e. The Bertz CT molecular complexity index is 1080. The fraction of sp³-hybridized carbons (Fsp3) is 0.640. The highest BCUT2D eigenvalue weighted by Crippen LogP contribution is 2.39. The number of carbonyl (C=O) groups is 1. The minimum atomic E-state index is -0.149. The van der Waals surface area contributed by atoms with E-state index in [1.54, 1.807) is 0 Å². The molecule has 2 atom stereocenters. The number of hydrogen-bond acceptors (Lipinski definition) is 6. The van der Waals surface area contributed by atoms with Gasteiger partial charge in [-0.2, -0.15) is 9.61 Å². The number of nitrogens with one attached hydrogen (secondary N) is 1. The van der Waals surface area contributed by atoms with Crippen molar-refractivity contribution in [2.24, 2.45) is 11.8 Å². The highest BCUT2D eigenvalue weighted by atomic mass is 16.6. The first kappa shape index (κ1) is 22.0. The van der Waals surface area contributed by atoms with Crippen LogP contribution in [-0.2, 0) is 4.74 Å². The van der Waals surface area contributed by atoms with Gasteiger partial charge < -0.3 is 15.0 Å². The minimum absolute atomic E-state index is 0.00755. The van der Waals surface area contributed by atoms with Gasteiger partial charge in [0.2, 0.25) is 0 Å². The summed E-state index contributed by atoms with van der Waals surface area (Å²) in [4.78, 5) is 21.5. The standard InChI is InChI=1S/C25H34N6O2/c1-5-6-7-29-14-21(15-29)33-25(32)30-12-18-9-20(10-19(18)13-30)28-23-8-17(4)27-24-22(16(2)3)11-26-31(23)24/h8,11,16,18-21,28H,7,9-10,12-15H2,1-4H3. The second kappa shape index (κ2) is 8.86. The Morgan fingerprint density at radius 2 is 1.97 bits per heavy atom. The van der Waals surface area contributed by atoms with E-state index in [0.717, 1.165) is 62.7 Å². The first-order valence-corrected chi connectivity index (χ1v) is 12.1. The lowest BCUT2D eigenvalue weighted by atomic mass is 10.0. The monoisotopic (exact) mass is 450 g/mol. The van der Waals surface area contributed by atoms with Crippen molar-refractivity contribution >= 4 is 17.6 Å². The number of rotatable bonds is 5. The van der Waals surface area contributed by atoms with Crippen molar-refractivity contribution in [1.29, 1.82) is 0 Å². The lowest BCUT2D eigenvalue weighted by Crippen LogP contribution is -2.53. The summed E-state index contributed by atoms with van der Waals surface area (Å²) in [5.74, 6) is 8.40. The van der Waals surface area contributed by atoms with E-state index in [1.165, 1.54) is 5.56 Å². The molecular formula is C25H34N6O2. The molecule has 8 nitrogen and oxygen atoms in total. The van der Waals surface area contributed by atoms with Crippen LogP contribution in [0.15, 0.2) is 12.3 Å². The molecule has 4 heterocycles. The number of anilines is 1. The third kappa shape index (κ3) is 4.39. The van der Waals surface area contributed by atoms with Gasteiger partial charge in [-0.05, 0) is 44.4 Å². The summed E-state index contributed by atoms with van der Waals surface area (Å²) in [6, 6.07) is 2.46. The number of nitrogens with zero attached hydrogens (tertiary/aromatic N) is 5. The molecule has 1 amide bonds. The van der Waals surface area contributed by atoms with E-state index in [0.29, 0.717) is 23.8 Å². The molecule has 1 saturated carbocycles. The van der Waals surface area contributed by atoms with Crippen LogP contribution in [-0.4, -0.2) is 75.4 Å². The van der Waals surface area contributed by atoms with Crippen LogP contribution in [0.25, 0.3) is 5.65 Å². The third-order valence-electron chi connectivity index (χ3n) is 7.28. The van der Waals surface area contributed by atoms with Crippen LogP contribution in [0.3, 0.4) is 0 Å². The van der Waals surface area contributed by atoms with E-state index in [1.807, 2.05) is 29.5 Å². The van der Waals surface area contributed by atoms with Gasteiger partial charge in [0.15, 0.2) is 5.65 Å². The van der Waals surface area contributed by atoms with Crippen molar-refractivity contribution in [3.63, 3.8) is 0 Å². The van der Waals surface area contributed by atoms with E-state index in [2.05, 4.69) is 47.1 Å². The van der Waals surface area contributed by atoms with Crippen LogP contribution in [0.1, 0.15) is 50.8 Å². The zero-order chi connectivity index (χ0) is 23.1. The largest absolute Gasteiger partial charge is 0.443 e. The van der Waals surface area contributed by atoms with Gasteiger partial charge in [-0.1, -0.05) is 19.8 Å². The van der Waals surface area contributed by atoms with Crippen molar-refractivity contribution < 1.29 is 9.53 Å². The number of likely N-dealkylation sites (tertiary alicyclic amines) is 2. The highest BCUT2D eigenvalue weighted by molar-refractivity contribution is 5.68. The molecule has 0 bridgehead atoms. The van der Waals surface area contributed by atoms with Crippen LogP contribution in [0.4, 0.5) is 10.6 Å². The van der Waals surface area contributed by atoms with Crippen LogP contribution in [0.5, 0.6) is 0 Å². The maximum atomic E-state index is 12.6. The molecule has 3 fully saturated rings. The highest BCUT2D eigenvalue weighted by Gasteiger charge is 2.44. The molecule has 1 N–H and O–H groups in total. The maximum absolute atomic E-state index is 12.6. The van der Waals surface area contributed by atoms with E-state index >= 15 is 0 Å². The van der Waals surface area contributed by atoms with Gasteiger partial charge in [-0.25, -0.2) is 9.78 Å². The number of aryl methyl sites for hydroxylation is 1. The molecule has 0 aromatic carbocycles. The Morgan fingerprint density at radius 1 is 1.24 bits per heavy atom. The van der Waals surface area contributed by atoms with Gasteiger partial charge in [-0.15, -0.1) is 5.92 Å². The first-order chi connectivity index (χ1) is 15.9. The molecule has 0 radical (unpaired) electrons. The van der Waals surface area contributed by atoms with Crippen LogP contribution in [0.2, 0.25) is 0 Å². The van der Waals surface area contributed by atoms with Gasteiger partial charge in [0.25, 0.3) is 0 Å². The summed E-state index contributed by atoms with van der Waals surface area (Å²) in [6.07, 6.45) is 3.91. The molecular weight excluding hydrogens is 416 g/mol. The van der Waals surface area contributed by atoms with E-state index < -0.39 is 0 Å². The third-order valence-corrected chi connectivity index (χ3v) is 7.28. The average molecular weight is 451 g/mol. The number of carbonyl (C=O) groups excluding carboxylic acids is 1. The number of hydrogen-bond donors (Lipinski definition) is 1. The van der Waals surface area contributed by atoms with Gasteiger partial charge in [0.1, 0.15) is 11.9 Å². The summed E-state index contributed by atoms with van der Waals surface area (Å²) < 4.78 is 7.65. The molecule has 33 heavy (non-hydrogen) atoms. The number of ether oxygens (including phenoxy) is 1. The van der Waals surface area contributed by atoms with Crippen LogP contribution >= 0.6 is 0 Å². The molecule has 2 aromatic heterocycles. The second-order valence-corrected chi connectivity index (χ2v) is 10.1. The van der Waals surface area contributed by atoms with Crippen molar-refractivity contribution in [3.8, 4) is 11.8 Å². The van der Waals surface area contributed by atoms with Crippen molar-refractivity contribution in [2.45, 2.75) is 58.6 Å². The molecule has 8 heteroatoms. The van der Waals surface area contributed by atoms with Crippen LogP contribution < -0.4 is 5.32 Å². The van der Waals surface area contributed by atoms with Gasteiger partial charge in [-0.3, -0.25) is 4.90 Å². The van der Waals surface area contributed by atoms with Crippen molar-refractivity contribution in [2.75, 3.05) is 38.0 Å². The fourth-order valence-electron chi connectivity index (χ4n) is 5.52. The lowest BCUT2D eigenvalue weighted by molar-refractivity contribution is -0.0190.